The van der Waals surface area contributed by atoms with Gasteiger partial charge in [-0.3, -0.25) is 9.69 Å². The lowest BCUT2D eigenvalue weighted by Crippen LogP contribution is -2.36. The van der Waals surface area contributed by atoms with Gasteiger partial charge in [-0.15, -0.1) is 0 Å². The number of esters is 1. The summed E-state index contributed by atoms with van der Waals surface area (Å²) in [5.74, 6) is -2.20. The van der Waals surface area contributed by atoms with Crippen molar-refractivity contribution >= 4 is 38.2 Å². The lowest BCUT2D eigenvalue weighted by molar-refractivity contribution is -0.121. The fourth-order valence-corrected chi connectivity index (χ4v) is 5.80. The van der Waals surface area contributed by atoms with Crippen molar-refractivity contribution in [3.05, 3.63) is 46.2 Å². The second-order valence-electron chi connectivity index (χ2n) is 6.78. The van der Waals surface area contributed by atoms with Crippen LogP contribution in [-0.4, -0.2) is 43.4 Å². The molecule has 1 amide bonds. The Morgan fingerprint density at radius 2 is 2.00 bits per heavy atom. The molecule has 2 aromatic rings. The van der Waals surface area contributed by atoms with Crippen LogP contribution in [0.4, 0.5) is 9.52 Å². The molecule has 10 heteroatoms. The molecule has 0 spiro atoms. The third-order valence-electron chi connectivity index (χ3n) is 4.58. The molecule has 2 heterocycles. The van der Waals surface area contributed by atoms with E-state index in [1.165, 1.54) is 17.0 Å². The third-order valence-corrected chi connectivity index (χ3v) is 7.51. The highest BCUT2D eigenvalue weighted by molar-refractivity contribution is 7.91. The van der Waals surface area contributed by atoms with Crippen LogP contribution < -0.4 is 4.90 Å². The molecular weight excluding hydrogens is 419 g/mol. The minimum Gasteiger partial charge on any atom is -0.462 e. The van der Waals surface area contributed by atoms with Gasteiger partial charge in [0.2, 0.25) is 5.91 Å². The van der Waals surface area contributed by atoms with Crippen LogP contribution in [0.3, 0.4) is 0 Å². The van der Waals surface area contributed by atoms with E-state index in [0.717, 1.165) is 11.3 Å². The number of rotatable bonds is 6. The first-order valence-electron chi connectivity index (χ1n) is 9.11. The van der Waals surface area contributed by atoms with Gasteiger partial charge in [-0.25, -0.2) is 22.6 Å². The number of nitrogens with zero attached hydrogens (tertiary/aromatic N) is 2. The molecule has 1 unspecified atom stereocenters. The van der Waals surface area contributed by atoms with Gasteiger partial charge >= 0.3 is 5.97 Å². The van der Waals surface area contributed by atoms with Crippen molar-refractivity contribution in [2.75, 3.05) is 23.0 Å². The van der Waals surface area contributed by atoms with Gasteiger partial charge in [0, 0.05) is 0 Å². The second-order valence-corrected chi connectivity index (χ2v) is 9.99. The highest BCUT2D eigenvalue weighted by Crippen LogP contribution is 2.31. The number of carbonyl (C=O) groups is 2. The quantitative estimate of drug-likeness (QED) is 0.641. The number of hydrogen-bond acceptors (Lipinski definition) is 7. The fraction of sp³-hybridized carbons (Fsp3) is 0.421. The monoisotopic (exact) mass is 440 g/mol. The first-order valence-corrected chi connectivity index (χ1v) is 11.7. The van der Waals surface area contributed by atoms with E-state index >= 15 is 0 Å². The zero-order valence-corrected chi connectivity index (χ0v) is 17.7. The zero-order valence-electron chi connectivity index (χ0n) is 16.1. The van der Waals surface area contributed by atoms with Crippen molar-refractivity contribution in [3.63, 3.8) is 0 Å². The number of anilines is 1. The molecule has 1 aromatic carbocycles. The number of carbonyl (C=O) groups excluding carboxylic acids is 2. The molecule has 29 heavy (non-hydrogen) atoms. The van der Waals surface area contributed by atoms with Crippen LogP contribution in [-0.2, 0) is 25.9 Å². The van der Waals surface area contributed by atoms with Crippen LogP contribution in [0.25, 0.3) is 0 Å². The van der Waals surface area contributed by atoms with Crippen molar-refractivity contribution in [1.82, 2.24) is 4.98 Å². The van der Waals surface area contributed by atoms with Gasteiger partial charge in [-0.2, -0.15) is 0 Å². The Hall–Kier alpha value is -2.33. The predicted octanol–water partition coefficient (Wildman–Crippen LogP) is 2.74. The van der Waals surface area contributed by atoms with Gasteiger partial charge in [-0.1, -0.05) is 23.5 Å². The number of aromatic nitrogens is 1. The summed E-state index contributed by atoms with van der Waals surface area (Å²) in [5, 5.41) is 0.282. The summed E-state index contributed by atoms with van der Waals surface area (Å²) < 4.78 is 41.9. The largest absolute Gasteiger partial charge is 0.462 e. The molecule has 1 fully saturated rings. The minimum atomic E-state index is -3.25. The summed E-state index contributed by atoms with van der Waals surface area (Å²) in [5.41, 5.74) is 1.09. The van der Waals surface area contributed by atoms with Crippen LogP contribution in [0.2, 0.25) is 0 Å². The number of hydrogen-bond donors (Lipinski definition) is 0. The van der Waals surface area contributed by atoms with Crippen molar-refractivity contribution in [2.45, 2.75) is 26.8 Å². The maximum absolute atomic E-state index is 13.2. The summed E-state index contributed by atoms with van der Waals surface area (Å²) in [4.78, 5) is 31.3. The van der Waals surface area contributed by atoms with Gasteiger partial charge in [0.25, 0.3) is 0 Å². The zero-order chi connectivity index (χ0) is 21.2. The van der Waals surface area contributed by atoms with Crippen LogP contribution in [0, 0.1) is 18.7 Å². The number of amides is 1. The Kier molecular flexibility index (Phi) is 6.33. The molecule has 3 rings (SSSR count). The Labute approximate surface area is 172 Å². The Morgan fingerprint density at radius 1 is 1.31 bits per heavy atom. The van der Waals surface area contributed by atoms with Gasteiger partial charge in [0.05, 0.1) is 36.3 Å². The average Bonchev–Trinajstić information content (AvgIpc) is 3.23. The number of benzene rings is 1. The predicted molar refractivity (Wildman–Crippen MR) is 107 cm³/mol. The number of ether oxygens (including phenoxy) is 1. The highest BCUT2D eigenvalue weighted by atomic mass is 32.2. The minimum absolute atomic E-state index is 0.0290. The maximum Gasteiger partial charge on any atom is 0.350 e. The Morgan fingerprint density at radius 3 is 2.59 bits per heavy atom. The Balaban J connectivity index is 1.94. The molecule has 0 aliphatic carbocycles. The normalized spacial score (nSPS) is 17.8. The fourth-order valence-electron chi connectivity index (χ4n) is 3.11. The molecular formula is C19H21FN2O5S2. The van der Waals surface area contributed by atoms with Crippen molar-refractivity contribution < 1.29 is 27.1 Å². The summed E-state index contributed by atoms with van der Waals surface area (Å²) >= 11 is 1.02. The first kappa shape index (κ1) is 21.4. The summed E-state index contributed by atoms with van der Waals surface area (Å²) in [6, 6.07) is 5.67. The molecule has 1 aliphatic heterocycles. The summed E-state index contributed by atoms with van der Waals surface area (Å²) in [6.07, 6.45) is 0.246. The topological polar surface area (TPSA) is 93.6 Å². The van der Waals surface area contributed by atoms with E-state index < -0.39 is 27.5 Å². The van der Waals surface area contributed by atoms with E-state index in [0.29, 0.717) is 11.3 Å². The van der Waals surface area contributed by atoms with E-state index in [-0.39, 0.29) is 47.0 Å². The number of halogens is 1. The molecule has 0 N–H and O–H groups in total. The molecule has 1 aliphatic rings. The van der Waals surface area contributed by atoms with E-state index in [4.69, 9.17) is 4.74 Å². The van der Waals surface area contributed by atoms with Gasteiger partial charge in [0.15, 0.2) is 15.0 Å². The van der Waals surface area contributed by atoms with Crippen LogP contribution >= 0.6 is 11.3 Å². The lowest BCUT2D eigenvalue weighted by atomic mass is 10.1. The van der Waals surface area contributed by atoms with E-state index in [1.54, 1.807) is 26.0 Å². The molecule has 1 saturated heterocycles. The van der Waals surface area contributed by atoms with E-state index in [1.807, 2.05) is 0 Å². The standard InChI is InChI=1S/C19H21FN2O5S2/c1-3-27-18(24)16-12(2)21-19(28-16)22(10-13-4-6-15(20)7-5-13)17(23)14-8-9-29(25,26)11-14/h4-7,14H,3,8-11H2,1-2H3. The molecule has 0 bridgehead atoms. The summed E-state index contributed by atoms with van der Waals surface area (Å²) in [7, 11) is -3.25. The lowest BCUT2D eigenvalue weighted by Gasteiger charge is -2.23. The molecule has 7 nitrogen and oxygen atoms in total. The van der Waals surface area contributed by atoms with Crippen molar-refractivity contribution in [2.24, 2.45) is 5.92 Å². The number of sulfone groups is 1. The van der Waals surface area contributed by atoms with Crippen LogP contribution in [0.15, 0.2) is 24.3 Å². The first-order chi connectivity index (χ1) is 13.7. The molecule has 156 valence electrons. The smallest absolute Gasteiger partial charge is 0.350 e. The highest BCUT2D eigenvalue weighted by Gasteiger charge is 2.37. The number of aryl methyl sites for hydroxylation is 1. The third kappa shape index (κ3) is 4.99. The molecule has 1 aromatic heterocycles. The van der Waals surface area contributed by atoms with Crippen molar-refractivity contribution in [3.8, 4) is 0 Å². The number of thiazole rings is 1. The second kappa shape index (κ2) is 8.58. The van der Waals surface area contributed by atoms with Gasteiger partial charge in [-0.05, 0) is 38.0 Å². The van der Waals surface area contributed by atoms with E-state index in [9.17, 15) is 22.4 Å². The molecule has 0 radical (unpaired) electrons. The summed E-state index contributed by atoms with van der Waals surface area (Å²) in [6.45, 7) is 3.64. The van der Waals surface area contributed by atoms with Gasteiger partial charge < -0.3 is 4.74 Å². The molecule has 0 saturated carbocycles. The molecule has 1 atom stereocenters. The van der Waals surface area contributed by atoms with Crippen molar-refractivity contribution in [1.29, 1.82) is 0 Å². The van der Waals surface area contributed by atoms with E-state index in [2.05, 4.69) is 4.98 Å². The van der Waals surface area contributed by atoms with Gasteiger partial charge in [0.1, 0.15) is 10.7 Å². The Bertz CT molecular complexity index is 1020. The van der Waals surface area contributed by atoms with Crippen LogP contribution in [0.1, 0.15) is 34.3 Å². The van der Waals surface area contributed by atoms with Crippen LogP contribution in [0.5, 0.6) is 0 Å². The SMILES string of the molecule is CCOC(=O)c1sc(N(Cc2ccc(F)cc2)C(=O)C2CCS(=O)(=O)C2)nc1C. The maximum atomic E-state index is 13.2. The average molecular weight is 441 g/mol.